The molecule has 0 radical (unpaired) electrons. The lowest BCUT2D eigenvalue weighted by molar-refractivity contribution is 0.590. The van der Waals surface area contributed by atoms with Gasteiger partial charge in [0.25, 0.3) is 0 Å². The molecule has 0 unspecified atom stereocenters. The molecule has 4 heteroatoms. The van der Waals surface area contributed by atoms with Gasteiger partial charge in [-0.1, -0.05) is 41.9 Å². The predicted molar refractivity (Wildman–Crippen MR) is 102 cm³/mol. The molecule has 1 fully saturated rings. The number of rotatable bonds is 2. The Morgan fingerprint density at radius 1 is 1.04 bits per heavy atom. The summed E-state index contributed by atoms with van der Waals surface area (Å²) in [5.74, 6) is 0. The molecule has 2 aromatic carbocycles. The van der Waals surface area contributed by atoms with Crippen molar-refractivity contribution in [1.29, 1.82) is 0 Å². The normalized spacial score (nSPS) is 15.0. The topological polar surface area (TPSA) is 28.2 Å². The van der Waals surface area contributed by atoms with Gasteiger partial charge in [0.1, 0.15) is 0 Å². The minimum absolute atomic E-state index is 0.769. The van der Waals surface area contributed by atoms with E-state index in [1.165, 1.54) is 5.69 Å². The van der Waals surface area contributed by atoms with Crippen molar-refractivity contribution in [2.24, 2.45) is 0 Å². The van der Waals surface area contributed by atoms with Gasteiger partial charge in [0.15, 0.2) is 0 Å². The molecule has 1 aromatic heterocycles. The first-order valence-corrected chi connectivity index (χ1v) is 8.72. The minimum Gasteiger partial charge on any atom is -0.368 e. The molecule has 2 heterocycles. The summed E-state index contributed by atoms with van der Waals surface area (Å²) in [7, 11) is 0. The number of nitrogens with zero attached hydrogens (tertiary/aromatic N) is 2. The lowest BCUT2D eigenvalue weighted by Crippen LogP contribution is -2.43. The Morgan fingerprint density at radius 3 is 2.54 bits per heavy atom. The van der Waals surface area contributed by atoms with Gasteiger partial charge < -0.3 is 10.2 Å². The van der Waals surface area contributed by atoms with E-state index in [2.05, 4.69) is 47.5 Å². The van der Waals surface area contributed by atoms with Gasteiger partial charge in [-0.05, 0) is 30.7 Å². The summed E-state index contributed by atoms with van der Waals surface area (Å²) in [5, 5.41) is 5.33. The fourth-order valence-electron chi connectivity index (χ4n) is 3.36. The van der Waals surface area contributed by atoms with Gasteiger partial charge in [0, 0.05) is 47.8 Å². The van der Waals surface area contributed by atoms with Crippen LogP contribution in [0.2, 0.25) is 5.02 Å². The molecular formula is C20H20ClN3. The maximum atomic E-state index is 6.33. The first-order valence-electron chi connectivity index (χ1n) is 8.34. The number of nitrogens with one attached hydrogen (secondary N) is 1. The number of piperazine rings is 1. The fraction of sp³-hybridized carbons (Fsp3) is 0.250. The van der Waals surface area contributed by atoms with Crippen molar-refractivity contribution in [1.82, 2.24) is 10.3 Å². The second-order valence-corrected chi connectivity index (χ2v) is 6.68. The maximum absolute atomic E-state index is 6.33. The molecule has 122 valence electrons. The molecule has 0 atom stereocenters. The third-order valence-electron chi connectivity index (χ3n) is 4.57. The van der Waals surface area contributed by atoms with Crippen LogP contribution in [-0.4, -0.2) is 31.2 Å². The smallest absolute Gasteiger partial charge is 0.0760 e. The number of pyridine rings is 1. The monoisotopic (exact) mass is 337 g/mol. The Morgan fingerprint density at radius 2 is 1.79 bits per heavy atom. The van der Waals surface area contributed by atoms with Crippen molar-refractivity contribution >= 4 is 28.2 Å². The van der Waals surface area contributed by atoms with E-state index in [4.69, 9.17) is 16.6 Å². The maximum Gasteiger partial charge on any atom is 0.0760 e. The van der Waals surface area contributed by atoms with Crippen LogP contribution in [0, 0.1) is 6.92 Å². The average molecular weight is 338 g/mol. The molecule has 3 nitrogen and oxygen atoms in total. The molecular weight excluding hydrogens is 318 g/mol. The highest BCUT2D eigenvalue weighted by Gasteiger charge is 2.17. The number of hydrogen-bond donors (Lipinski definition) is 1. The van der Waals surface area contributed by atoms with Gasteiger partial charge in [-0.15, -0.1) is 0 Å². The van der Waals surface area contributed by atoms with Gasteiger partial charge in [-0.2, -0.15) is 0 Å². The van der Waals surface area contributed by atoms with Crippen LogP contribution in [0.5, 0.6) is 0 Å². The summed E-state index contributed by atoms with van der Waals surface area (Å²) < 4.78 is 0. The summed E-state index contributed by atoms with van der Waals surface area (Å²) >= 11 is 6.33. The van der Waals surface area contributed by atoms with Crippen molar-refractivity contribution in [3.8, 4) is 11.3 Å². The third kappa shape index (κ3) is 2.85. The Labute approximate surface area is 147 Å². The molecule has 0 spiro atoms. The number of aryl methyl sites for hydroxylation is 1. The summed E-state index contributed by atoms with van der Waals surface area (Å²) in [6.07, 6.45) is 0. The summed E-state index contributed by atoms with van der Waals surface area (Å²) in [6.45, 7) is 6.09. The van der Waals surface area contributed by atoms with Crippen LogP contribution in [0.15, 0.2) is 48.5 Å². The highest BCUT2D eigenvalue weighted by Crippen LogP contribution is 2.34. The van der Waals surface area contributed by atoms with E-state index in [0.717, 1.165) is 58.9 Å². The fourth-order valence-corrected chi connectivity index (χ4v) is 3.64. The van der Waals surface area contributed by atoms with Gasteiger partial charge in [0.2, 0.25) is 0 Å². The molecule has 24 heavy (non-hydrogen) atoms. The van der Waals surface area contributed by atoms with Crippen molar-refractivity contribution in [2.75, 3.05) is 31.1 Å². The van der Waals surface area contributed by atoms with E-state index in [9.17, 15) is 0 Å². The first kappa shape index (κ1) is 15.4. The zero-order valence-corrected chi connectivity index (χ0v) is 14.5. The molecule has 1 N–H and O–H groups in total. The van der Waals surface area contributed by atoms with Crippen molar-refractivity contribution in [3.05, 3.63) is 59.1 Å². The second-order valence-electron chi connectivity index (χ2n) is 6.25. The Hall–Kier alpha value is -2.10. The van der Waals surface area contributed by atoms with E-state index >= 15 is 0 Å². The number of fused-ring (bicyclic) bond motifs is 1. The van der Waals surface area contributed by atoms with E-state index in [0.29, 0.717) is 0 Å². The highest BCUT2D eigenvalue weighted by molar-refractivity contribution is 6.31. The largest absolute Gasteiger partial charge is 0.368 e. The molecule has 0 aliphatic carbocycles. The van der Waals surface area contributed by atoms with E-state index < -0.39 is 0 Å². The van der Waals surface area contributed by atoms with E-state index in [1.807, 2.05) is 18.2 Å². The average Bonchev–Trinajstić information content (AvgIpc) is 2.62. The molecule has 4 rings (SSSR count). The van der Waals surface area contributed by atoms with Crippen LogP contribution >= 0.6 is 11.6 Å². The van der Waals surface area contributed by atoms with E-state index in [1.54, 1.807) is 0 Å². The number of anilines is 1. The first-order chi connectivity index (χ1) is 11.7. The molecule has 0 amide bonds. The third-order valence-corrected chi connectivity index (χ3v) is 4.79. The van der Waals surface area contributed by atoms with Crippen LogP contribution in [0.1, 0.15) is 5.56 Å². The van der Waals surface area contributed by atoms with Crippen molar-refractivity contribution < 1.29 is 0 Å². The molecule has 0 saturated carbocycles. The number of hydrogen-bond acceptors (Lipinski definition) is 3. The van der Waals surface area contributed by atoms with Crippen LogP contribution in [0.25, 0.3) is 22.2 Å². The van der Waals surface area contributed by atoms with Gasteiger partial charge >= 0.3 is 0 Å². The van der Waals surface area contributed by atoms with Crippen LogP contribution in [0.3, 0.4) is 0 Å². The van der Waals surface area contributed by atoms with Crippen molar-refractivity contribution in [3.63, 3.8) is 0 Å². The minimum atomic E-state index is 0.769. The van der Waals surface area contributed by atoms with Crippen molar-refractivity contribution in [2.45, 2.75) is 6.92 Å². The quantitative estimate of drug-likeness (QED) is 0.756. The molecule has 1 saturated heterocycles. The van der Waals surface area contributed by atoms with Crippen LogP contribution in [0.4, 0.5) is 5.69 Å². The number of benzene rings is 2. The summed E-state index contributed by atoms with van der Waals surface area (Å²) in [6, 6.07) is 16.6. The lowest BCUT2D eigenvalue weighted by Gasteiger charge is -2.31. The number of halogens is 1. The Kier molecular flexibility index (Phi) is 4.13. The Bertz CT molecular complexity index is 871. The zero-order chi connectivity index (χ0) is 16.5. The van der Waals surface area contributed by atoms with E-state index in [-0.39, 0.29) is 0 Å². The Balaban J connectivity index is 1.96. The molecule has 0 bridgehead atoms. The number of aromatic nitrogens is 1. The lowest BCUT2D eigenvalue weighted by atomic mass is 10.0. The molecule has 1 aliphatic rings. The van der Waals surface area contributed by atoms with Gasteiger partial charge in [-0.25, -0.2) is 4.98 Å². The van der Waals surface area contributed by atoms with Gasteiger partial charge in [0.05, 0.1) is 11.2 Å². The summed E-state index contributed by atoms with van der Waals surface area (Å²) in [4.78, 5) is 7.37. The predicted octanol–water partition coefficient (Wildman–Crippen LogP) is 4.27. The second kappa shape index (κ2) is 6.42. The molecule has 3 aromatic rings. The van der Waals surface area contributed by atoms with Crippen LogP contribution < -0.4 is 10.2 Å². The molecule has 1 aliphatic heterocycles. The van der Waals surface area contributed by atoms with Crippen LogP contribution in [-0.2, 0) is 0 Å². The standard InChI is InChI=1S/C20H20ClN3/c1-14-11-16(21)12-17-19(24-9-7-22-8-10-24)13-18(23-20(14)17)15-5-3-2-4-6-15/h2-6,11-13,22H,7-10H2,1H3. The SMILES string of the molecule is Cc1cc(Cl)cc2c(N3CCNCC3)cc(-c3ccccc3)nc12. The summed E-state index contributed by atoms with van der Waals surface area (Å²) in [5.41, 5.74) is 5.54. The zero-order valence-electron chi connectivity index (χ0n) is 13.7. The highest BCUT2D eigenvalue weighted by atomic mass is 35.5. The van der Waals surface area contributed by atoms with Gasteiger partial charge in [-0.3, -0.25) is 0 Å².